The van der Waals surface area contributed by atoms with Crippen molar-refractivity contribution in [3.63, 3.8) is 0 Å². The van der Waals surface area contributed by atoms with Crippen molar-refractivity contribution >= 4 is 5.82 Å². The molecule has 0 unspecified atom stereocenters. The lowest BCUT2D eigenvalue weighted by Gasteiger charge is -2.31. The van der Waals surface area contributed by atoms with Crippen LogP contribution in [0.15, 0.2) is 18.2 Å². The van der Waals surface area contributed by atoms with E-state index in [1.807, 2.05) is 4.90 Å². The third kappa shape index (κ3) is 2.47. The van der Waals surface area contributed by atoms with Crippen LogP contribution in [-0.4, -0.2) is 24.1 Å². The molecule has 2 heterocycles. The van der Waals surface area contributed by atoms with E-state index in [4.69, 9.17) is 5.73 Å². The molecule has 2 rings (SSSR count). The number of hydrogen-bond acceptors (Lipinski definition) is 3. The minimum Gasteiger partial charge on any atom is -0.356 e. The summed E-state index contributed by atoms with van der Waals surface area (Å²) in [5.41, 5.74) is 5.63. The number of nitrogens with zero attached hydrogens (tertiary/aromatic N) is 2. The van der Waals surface area contributed by atoms with Gasteiger partial charge in [0.15, 0.2) is 0 Å². The monoisotopic (exact) mass is 227 g/mol. The number of hydrogen-bond donors (Lipinski definition) is 1. The largest absolute Gasteiger partial charge is 0.356 e. The Balaban J connectivity index is 2.11. The molecule has 1 aromatic heterocycles. The topological polar surface area (TPSA) is 42.1 Å². The van der Waals surface area contributed by atoms with Crippen LogP contribution < -0.4 is 10.6 Å². The minimum atomic E-state index is -2.51. The Hall–Kier alpha value is -1.23. The van der Waals surface area contributed by atoms with E-state index in [-0.39, 0.29) is 11.7 Å². The summed E-state index contributed by atoms with van der Waals surface area (Å²) < 4.78 is 25.0. The van der Waals surface area contributed by atoms with Crippen molar-refractivity contribution in [1.82, 2.24) is 4.98 Å². The predicted molar refractivity (Wildman–Crippen MR) is 58.6 cm³/mol. The molecule has 0 atom stereocenters. The first-order chi connectivity index (χ1) is 7.66. The Morgan fingerprint density at radius 3 is 2.62 bits per heavy atom. The first-order valence-corrected chi connectivity index (χ1v) is 5.42. The zero-order valence-electron chi connectivity index (χ0n) is 8.94. The molecule has 0 amide bonds. The van der Waals surface area contributed by atoms with Gasteiger partial charge in [-0.3, -0.25) is 0 Å². The van der Waals surface area contributed by atoms with E-state index in [0.717, 1.165) is 25.9 Å². The van der Waals surface area contributed by atoms with Crippen molar-refractivity contribution in [3.05, 3.63) is 23.9 Å². The van der Waals surface area contributed by atoms with Crippen LogP contribution in [0.4, 0.5) is 14.6 Å². The second-order valence-electron chi connectivity index (χ2n) is 4.05. The summed E-state index contributed by atoms with van der Waals surface area (Å²) in [6, 6.07) is 4.97. The Labute approximate surface area is 93.3 Å². The van der Waals surface area contributed by atoms with Crippen LogP contribution in [0.2, 0.25) is 0 Å². The van der Waals surface area contributed by atoms with Gasteiger partial charge in [-0.1, -0.05) is 6.07 Å². The van der Waals surface area contributed by atoms with Crippen molar-refractivity contribution in [2.45, 2.75) is 25.3 Å². The van der Waals surface area contributed by atoms with E-state index in [1.165, 1.54) is 6.07 Å². The molecule has 2 N–H and O–H groups in total. The van der Waals surface area contributed by atoms with E-state index in [9.17, 15) is 8.78 Å². The van der Waals surface area contributed by atoms with Crippen molar-refractivity contribution in [2.24, 2.45) is 5.73 Å². The minimum absolute atomic E-state index is 0.160. The normalized spacial score (nSPS) is 18.1. The average Bonchev–Trinajstić information content (AvgIpc) is 2.30. The maximum atomic E-state index is 12.5. The summed E-state index contributed by atoms with van der Waals surface area (Å²) in [5, 5.41) is 0. The van der Waals surface area contributed by atoms with Gasteiger partial charge in [0.1, 0.15) is 11.5 Å². The second-order valence-corrected chi connectivity index (χ2v) is 4.05. The number of rotatable bonds is 2. The van der Waals surface area contributed by atoms with Gasteiger partial charge >= 0.3 is 0 Å². The quantitative estimate of drug-likeness (QED) is 0.839. The summed E-state index contributed by atoms with van der Waals surface area (Å²) in [5.74, 6) is 0.629. The standard InChI is InChI=1S/C11H15F2N3/c12-11(13)9-2-1-3-10(15-9)16-6-4-8(14)5-7-16/h1-3,8,11H,4-7,14H2. The van der Waals surface area contributed by atoms with Crippen molar-refractivity contribution in [3.8, 4) is 0 Å². The molecule has 0 bridgehead atoms. The Kier molecular flexibility index (Phi) is 3.33. The van der Waals surface area contributed by atoms with E-state index in [1.54, 1.807) is 12.1 Å². The molecule has 1 aliphatic rings. The highest BCUT2D eigenvalue weighted by Crippen LogP contribution is 2.21. The molecular weight excluding hydrogens is 212 g/mol. The number of nitrogens with two attached hydrogens (primary N) is 1. The lowest BCUT2D eigenvalue weighted by molar-refractivity contribution is 0.146. The molecule has 5 heteroatoms. The molecule has 0 aromatic carbocycles. The van der Waals surface area contributed by atoms with Gasteiger partial charge in [-0.2, -0.15) is 0 Å². The SMILES string of the molecule is NC1CCN(c2cccc(C(F)F)n2)CC1. The zero-order chi connectivity index (χ0) is 11.5. The van der Waals surface area contributed by atoms with Crippen LogP contribution >= 0.6 is 0 Å². The molecule has 3 nitrogen and oxygen atoms in total. The molecular formula is C11H15F2N3. The number of aromatic nitrogens is 1. The number of piperidine rings is 1. The van der Waals surface area contributed by atoms with E-state index < -0.39 is 6.43 Å². The predicted octanol–water partition coefficient (Wildman–Crippen LogP) is 1.95. The molecule has 0 radical (unpaired) electrons. The Morgan fingerprint density at radius 1 is 1.31 bits per heavy atom. The van der Waals surface area contributed by atoms with Crippen LogP contribution in [0, 0.1) is 0 Å². The number of pyridine rings is 1. The highest BCUT2D eigenvalue weighted by molar-refractivity contribution is 5.40. The molecule has 16 heavy (non-hydrogen) atoms. The molecule has 1 aromatic rings. The van der Waals surface area contributed by atoms with Gasteiger partial charge in [-0.25, -0.2) is 13.8 Å². The maximum Gasteiger partial charge on any atom is 0.280 e. The van der Waals surface area contributed by atoms with E-state index >= 15 is 0 Å². The number of anilines is 1. The Morgan fingerprint density at radius 2 is 2.00 bits per heavy atom. The van der Waals surface area contributed by atoms with Crippen LogP contribution in [0.5, 0.6) is 0 Å². The summed E-state index contributed by atoms with van der Waals surface area (Å²) in [4.78, 5) is 5.97. The fraction of sp³-hybridized carbons (Fsp3) is 0.545. The smallest absolute Gasteiger partial charge is 0.280 e. The lowest BCUT2D eigenvalue weighted by atomic mass is 10.1. The summed E-state index contributed by atoms with van der Waals surface area (Å²) in [6.07, 6.45) is -0.728. The molecule has 1 saturated heterocycles. The summed E-state index contributed by atoms with van der Waals surface area (Å²) in [6.45, 7) is 1.59. The zero-order valence-corrected chi connectivity index (χ0v) is 8.94. The van der Waals surface area contributed by atoms with Crippen molar-refractivity contribution < 1.29 is 8.78 Å². The third-order valence-corrected chi connectivity index (χ3v) is 2.84. The number of halogens is 2. The van der Waals surface area contributed by atoms with Gasteiger partial charge < -0.3 is 10.6 Å². The molecule has 88 valence electrons. The third-order valence-electron chi connectivity index (χ3n) is 2.84. The van der Waals surface area contributed by atoms with Gasteiger partial charge in [0.25, 0.3) is 6.43 Å². The van der Waals surface area contributed by atoms with Crippen LogP contribution in [0.3, 0.4) is 0 Å². The summed E-state index contributed by atoms with van der Waals surface area (Å²) >= 11 is 0. The second kappa shape index (κ2) is 4.74. The van der Waals surface area contributed by atoms with Crippen molar-refractivity contribution in [1.29, 1.82) is 0 Å². The number of alkyl halides is 2. The maximum absolute atomic E-state index is 12.5. The van der Waals surface area contributed by atoms with Crippen LogP contribution in [-0.2, 0) is 0 Å². The van der Waals surface area contributed by atoms with E-state index in [0.29, 0.717) is 5.82 Å². The van der Waals surface area contributed by atoms with Crippen LogP contribution in [0.1, 0.15) is 25.0 Å². The first kappa shape index (κ1) is 11.3. The van der Waals surface area contributed by atoms with Gasteiger partial charge in [-0.05, 0) is 25.0 Å². The van der Waals surface area contributed by atoms with E-state index in [2.05, 4.69) is 4.98 Å². The molecule has 0 aliphatic carbocycles. The Bertz CT molecular complexity index is 349. The fourth-order valence-electron chi connectivity index (χ4n) is 1.87. The van der Waals surface area contributed by atoms with Crippen molar-refractivity contribution in [2.75, 3.05) is 18.0 Å². The molecule has 1 aliphatic heterocycles. The highest BCUT2D eigenvalue weighted by atomic mass is 19.3. The van der Waals surface area contributed by atoms with Gasteiger partial charge in [-0.15, -0.1) is 0 Å². The first-order valence-electron chi connectivity index (χ1n) is 5.42. The van der Waals surface area contributed by atoms with Crippen LogP contribution in [0.25, 0.3) is 0 Å². The summed E-state index contributed by atoms with van der Waals surface area (Å²) in [7, 11) is 0. The highest BCUT2D eigenvalue weighted by Gasteiger charge is 2.18. The molecule has 1 fully saturated rings. The lowest BCUT2D eigenvalue weighted by Crippen LogP contribution is -2.40. The van der Waals surface area contributed by atoms with Gasteiger partial charge in [0.2, 0.25) is 0 Å². The average molecular weight is 227 g/mol. The van der Waals surface area contributed by atoms with Gasteiger partial charge in [0.05, 0.1) is 0 Å². The van der Waals surface area contributed by atoms with Gasteiger partial charge in [0, 0.05) is 19.1 Å². The molecule has 0 saturated carbocycles. The molecule has 0 spiro atoms. The fourth-order valence-corrected chi connectivity index (χ4v) is 1.87.